The van der Waals surface area contributed by atoms with Gasteiger partial charge in [0.2, 0.25) is 10.0 Å². The molecule has 0 unspecified atom stereocenters. The van der Waals surface area contributed by atoms with Crippen LogP contribution in [0.1, 0.15) is 20.8 Å². The largest absolute Gasteiger partial charge is 0.494 e. The first-order valence-corrected chi connectivity index (χ1v) is 7.14. The van der Waals surface area contributed by atoms with E-state index >= 15 is 0 Å². The summed E-state index contributed by atoms with van der Waals surface area (Å²) in [5.41, 5.74) is -2.01. The number of halogens is 3. The van der Waals surface area contributed by atoms with Crippen molar-refractivity contribution in [2.45, 2.75) is 37.1 Å². The third-order valence-corrected chi connectivity index (χ3v) is 4.57. The first-order chi connectivity index (χ1) is 8.90. The molecule has 114 valence electrons. The monoisotopic (exact) mass is 311 g/mol. The molecule has 0 aliphatic rings. The Bertz CT molecular complexity index is 594. The number of methoxy groups -OCH3 is 1. The minimum Gasteiger partial charge on any atom is -0.494 e. The van der Waals surface area contributed by atoms with Crippen LogP contribution in [0.3, 0.4) is 0 Å². The minimum absolute atomic E-state index is 0.135. The fourth-order valence-corrected chi connectivity index (χ4v) is 2.77. The second kappa shape index (κ2) is 5.25. The van der Waals surface area contributed by atoms with Crippen molar-refractivity contribution in [1.82, 2.24) is 4.72 Å². The molecule has 0 atom stereocenters. The highest BCUT2D eigenvalue weighted by Crippen LogP contribution is 2.29. The lowest BCUT2D eigenvalue weighted by molar-refractivity contribution is -0.0488. The number of nitrogens with one attached hydrogen (secondary N) is 1. The fraction of sp³-hybridized carbons (Fsp3) is 0.500. The van der Waals surface area contributed by atoms with Crippen LogP contribution in [-0.2, 0) is 10.0 Å². The van der Waals surface area contributed by atoms with Crippen LogP contribution in [0.2, 0.25) is 0 Å². The summed E-state index contributed by atoms with van der Waals surface area (Å²) in [5.74, 6) is -4.31. The summed E-state index contributed by atoms with van der Waals surface area (Å²) in [6, 6.07) is 2.90. The summed E-state index contributed by atoms with van der Waals surface area (Å²) in [6.07, 6.45) is 0. The zero-order valence-electron chi connectivity index (χ0n) is 11.5. The second-order valence-corrected chi connectivity index (χ2v) is 6.60. The van der Waals surface area contributed by atoms with Crippen molar-refractivity contribution in [2.24, 2.45) is 0 Å². The first kappa shape index (κ1) is 16.8. The molecule has 1 aromatic carbocycles. The Morgan fingerprint density at radius 2 is 1.75 bits per heavy atom. The van der Waals surface area contributed by atoms with Gasteiger partial charge in [0.25, 0.3) is 5.92 Å². The van der Waals surface area contributed by atoms with Crippen LogP contribution in [0.25, 0.3) is 0 Å². The van der Waals surface area contributed by atoms with E-state index in [1.165, 1.54) is 7.11 Å². The normalized spacial score (nSPS) is 13.3. The number of sulfonamides is 1. The molecule has 1 rings (SSSR count). The average Bonchev–Trinajstić information content (AvgIpc) is 2.25. The Balaban J connectivity index is 3.16. The zero-order valence-corrected chi connectivity index (χ0v) is 12.3. The standard InChI is InChI=1S/C12H16F3NO3S/c1-11(2,12(3,14)15)16-20(17,18)8-5-6-10(19-4)9(13)7-8/h5-7,16H,1-4H3. The van der Waals surface area contributed by atoms with E-state index in [1.807, 2.05) is 4.72 Å². The van der Waals surface area contributed by atoms with Gasteiger partial charge >= 0.3 is 0 Å². The van der Waals surface area contributed by atoms with Gasteiger partial charge in [-0.2, -0.15) is 4.72 Å². The molecule has 0 spiro atoms. The van der Waals surface area contributed by atoms with Crippen molar-refractivity contribution in [1.29, 1.82) is 0 Å². The van der Waals surface area contributed by atoms with Gasteiger partial charge in [-0.15, -0.1) is 0 Å². The summed E-state index contributed by atoms with van der Waals surface area (Å²) in [5, 5.41) is 0. The van der Waals surface area contributed by atoms with E-state index in [4.69, 9.17) is 0 Å². The molecule has 8 heteroatoms. The summed E-state index contributed by atoms with van der Waals surface area (Å²) in [4.78, 5) is -0.451. The third kappa shape index (κ3) is 3.43. The number of hydrogen-bond acceptors (Lipinski definition) is 3. The van der Waals surface area contributed by atoms with Crippen molar-refractivity contribution in [3.8, 4) is 5.75 Å². The smallest absolute Gasteiger partial charge is 0.263 e. The van der Waals surface area contributed by atoms with Crippen molar-refractivity contribution >= 4 is 10.0 Å². The number of ether oxygens (including phenoxy) is 1. The van der Waals surface area contributed by atoms with E-state index in [0.717, 1.165) is 26.0 Å². The summed E-state index contributed by atoms with van der Waals surface area (Å²) < 4.78 is 70.6. The molecule has 0 aliphatic carbocycles. The van der Waals surface area contributed by atoms with Gasteiger partial charge in [-0.3, -0.25) is 0 Å². The van der Waals surface area contributed by atoms with E-state index in [2.05, 4.69) is 4.74 Å². The van der Waals surface area contributed by atoms with Crippen molar-refractivity contribution in [2.75, 3.05) is 7.11 Å². The van der Waals surface area contributed by atoms with Gasteiger partial charge in [-0.05, 0) is 32.0 Å². The molecule has 1 aromatic rings. The van der Waals surface area contributed by atoms with Crippen molar-refractivity contribution in [3.05, 3.63) is 24.0 Å². The zero-order chi connectivity index (χ0) is 15.8. The summed E-state index contributed by atoms with van der Waals surface area (Å²) in [7, 11) is -3.05. The molecular formula is C12H16F3NO3S. The van der Waals surface area contributed by atoms with Crippen molar-refractivity contribution < 1.29 is 26.3 Å². The quantitative estimate of drug-likeness (QED) is 0.909. The van der Waals surface area contributed by atoms with Crippen LogP contribution < -0.4 is 9.46 Å². The molecule has 20 heavy (non-hydrogen) atoms. The Morgan fingerprint density at radius 3 is 2.15 bits per heavy atom. The Kier molecular flexibility index (Phi) is 4.40. The van der Waals surface area contributed by atoms with Crippen LogP contribution in [0.4, 0.5) is 13.2 Å². The maximum Gasteiger partial charge on any atom is 0.263 e. The highest BCUT2D eigenvalue weighted by Gasteiger charge is 2.45. The molecule has 0 saturated carbocycles. The highest BCUT2D eigenvalue weighted by molar-refractivity contribution is 7.89. The maximum absolute atomic E-state index is 13.5. The van der Waals surface area contributed by atoms with E-state index in [9.17, 15) is 21.6 Å². The molecule has 0 radical (unpaired) electrons. The predicted octanol–water partition coefficient (Wildman–Crippen LogP) is 2.55. The van der Waals surface area contributed by atoms with Gasteiger partial charge < -0.3 is 4.74 Å². The number of hydrogen-bond donors (Lipinski definition) is 1. The van der Waals surface area contributed by atoms with Gasteiger partial charge in [0.05, 0.1) is 17.5 Å². The van der Waals surface area contributed by atoms with E-state index in [-0.39, 0.29) is 5.75 Å². The fourth-order valence-electron chi connectivity index (χ4n) is 1.30. The predicted molar refractivity (Wildman–Crippen MR) is 68.0 cm³/mol. The number of alkyl halides is 2. The molecule has 4 nitrogen and oxygen atoms in total. The van der Waals surface area contributed by atoms with Crippen LogP contribution in [0, 0.1) is 5.82 Å². The van der Waals surface area contributed by atoms with Gasteiger partial charge in [-0.25, -0.2) is 21.6 Å². The van der Waals surface area contributed by atoms with Gasteiger partial charge in [-0.1, -0.05) is 0 Å². The lowest BCUT2D eigenvalue weighted by Gasteiger charge is -2.31. The SMILES string of the molecule is COc1ccc(S(=O)(=O)NC(C)(C)C(C)(F)F)cc1F. The van der Waals surface area contributed by atoms with Gasteiger partial charge in [0.1, 0.15) is 0 Å². The molecule has 0 saturated heterocycles. The summed E-state index contributed by atoms with van der Waals surface area (Å²) in [6.45, 7) is 2.69. The minimum atomic E-state index is -4.27. The topological polar surface area (TPSA) is 55.4 Å². The Labute approximate surface area is 116 Å². The Hall–Kier alpha value is -1.28. The third-order valence-electron chi connectivity index (χ3n) is 2.92. The molecule has 0 aliphatic heterocycles. The lowest BCUT2D eigenvalue weighted by Crippen LogP contribution is -2.54. The number of benzene rings is 1. The van der Waals surface area contributed by atoms with Gasteiger partial charge in [0.15, 0.2) is 11.6 Å². The van der Waals surface area contributed by atoms with Gasteiger partial charge in [0, 0.05) is 6.92 Å². The van der Waals surface area contributed by atoms with Crippen LogP contribution in [-0.4, -0.2) is 27.0 Å². The Morgan fingerprint density at radius 1 is 1.20 bits per heavy atom. The maximum atomic E-state index is 13.5. The van der Waals surface area contributed by atoms with Crippen LogP contribution >= 0.6 is 0 Å². The molecule has 0 amide bonds. The molecule has 1 N–H and O–H groups in total. The average molecular weight is 311 g/mol. The highest BCUT2D eigenvalue weighted by atomic mass is 32.2. The molecule has 0 heterocycles. The van der Waals surface area contributed by atoms with Crippen LogP contribution in [0.5, 0.6) is 5.75 Å². The van der Waals surface area contributed by atoms with E-state index < -0.39 is 32.2 Å². The van der Waals surface area contributed by atoms with Crippen LogP contribution in [0.15, 0.2) is 23.1 Å². The lowest BCUT2D eigenvalue weighted by atomic mass is 10.00. The first-order valence-electron chi connectivity index (χ1n) is 5.66. The summed E-state index contributed by atoms with van der Waals surface area (Å²) >= 11 is 0. The molecule has 0 fully saturated rings. The van der Waals surface area contributed by atoms with Crippen molar-refractivity contribution in [3.63, 3.8) is 0 Å². The molecular weight excluding hydrogens is 295 g/mol. The second-order valence-electron chi connectivity index (χ2n) is 4.92. The van der Waals surface area contributed by atoms with E-state index in [0.29, 0.717) is 13.0 Å². The molecule has 0 bridgehead atoms. The molecule has 0 aromatic heterocycles. The number of rotatable bonds is 5. The van der Waals surface area contributed by atoms with E-state index in [1.54, 1.807) is 0 Å².